The van der Waals surface area contributed by atoms with Crippen molar-refractivity contribution in [1.29, 1.82) is 0 Å². The first kappa shape index (κ1) is 19.5. The number of nitrogens with zero attached hydrogens (tertiary/aromatic N) is 2. The number of rotatable bonds is 2. The first-order valence-electron chi connectivity index (χ1n) is 7.75. The van der Waals surface area contributed by atoms with Crippen LogP contribution in [0.15, 0.2) is 24.3 Å². The molecule has 1 aromatic carbocycles. The van der Waals surface area contributed by atoms with Crippen LogP contribution in [0.25, 0.3) is 0 Å². The Morgan fingerprint density at radius 2 is 1.44 bits per heavy atom. The Kier molecular flexibility index (Phi) is 5.34. The SMILES string of the molecule is Cl.NC1(C(=O)N2CCN(C(=O)c3ccc(C(F)(F)F)cc3)CC2)CC1. The summed E-state index contributed by atoms with van der Waals surface area (Å²) in [6, 6.07) is 4.17. The molecule has 0 atom stereocenters. The van der Waals surface area contributed by atoms with E-state index in [0.29, 0.717) is 39.0 Å². The second-order valence-electron chi connectivity index (χ2n) is 6.32. The number of carbonyl (C=O) groups is 2. The minimum absolute atomic E-state index is 0. The van der Waals surface area contributed by atoms with Crippen molar-refractivity contribution >= 4 is 24.2 Å². The van der Waals surface area contributed by atoms with Crippen LogP contribution in [0, 0.1) is 0 Å². The van der Waals surface area contributed by atoms with Crippen LogP contribution in [0.3, 0.4) is 0 Å². The van der Waals surface area contributed by atoms with Crippen molar-refractivity contribution in [3.05, 3.63) is 35.4 Å². The summed E-state index contributed by atoms with van der Waals surface area (Å²) < 4.78 is 37.7. The molecule has 2 amide bonds. The number of piperazine rings is 1. The molecule has 0 radical (unpaired) electrons. The highest BCUT2D eigenvalue weighted by Crippen LogP contribution is 2.34. The van der Waals surface area contributed by atoms with E-state index in [1.54, 1.807) is 9.80 Å². The topological polar surface area (TPSA) is 66.6 Å². The lowest BCUT2D eigenvalue weighted by Crippen LogP contribution is -2.55. The first-order chi connectivity index (χ1) is 11.2. The summed E-state index contributed by atoms with van der Waals surface area (Å²) in [4.78, 5) is 27.7. The number of nitrogens with two attached hydrogens (primary N) is 1. The largest absolute Gasteiger partial charge is 0.416 e. The molecule has 1 aliphatic carbocycles. The zero-order valence-corrected chi connectivity index (χ0v) is 14.2. The standard InChI is InChI=1S/C16H18F3N3O2.ClH/c17-16(18,19)12-3-1-11(2-4-12)13(23)21-7-9-22(10-8-21)14(24)15(20)5-6-15;/h1-4H,5-10,20H2;1H. The van der Waals surface area contributed by atoms with Crippen LogP contribution in [-0.4, -0.2) is 53.3 Å². The average Bonchev–Trinajstić information content (AvgIpc) is 3.32. The van der Waals surface area contributed by atoms with Crippen LogP contribution in [-0.2, 0) is 11.0 Å². The summed E-state index contributed by atoms with van der Waals surface area (Å²) in [7, 11) is 0. The second-order valence-corrected chi connectivity index (χ2v) is 6.32. The molecule has 2 N–H and O–H groups in total. The highest BCUT2D eigenvalue weighted by Gasteiger charge is 2.48. The number of hydrogen-bond donors (Lipinski definition) is 1. The van der Waals surface area contributed by atoms with Gasteiger partial charge in [0, 0.05) is 31.7 Å². The molecule has 2 aliphatic rings. The fourth-order valence-corrected chi connectivity index (χ4v) is 2.76. The van der Waals surface area contributed by atoms with Gasteiger partial charge in [0.1, 0.15) is 0 Å². The number of carbonyl (C=O) groups excluding carboxylic acids is 2. The fraction of sp³-hybridized carbons (Fsp3) is 0.500. The third kappa shape index (κ3) is 4.07. The summed E-state index contributed by atoms with van der Waals surface area (Å²) in [6.07, 6.45) is -3.04. The van der Waals surface area contributed by atoms with E-state index >= 15 is 0 Å². The second kappa shape index (κ2) is 6.84. The Morgan fingerprint density at radius 1 is 0.960 bits per heavy atom. The van der Waals surface area contributed by atoms with Crippen molar-refractivity contribution in [2.24, 2.45) is 5.73 Å². The molecular weight excluding hydrogens is 359 g/mol. The van der Waals surface area contributed by atoms with Gasteiger partial charge in [-0.15, -0.1) is 12.4 Å². The third-order valence-electron chi connectivity index (χ3n) is 4.53. The smallest absolute Gasteiger partial charge is 0.338 e. The molecule has 1 aliphatic heterocycles. The Bertz CT molecular complexity index is 652. The lowest BCUT2D eigenvalue weighted by Gasteiger charge is -2.36. The molecule has 2 fully saturated rings. The molecule has 5 nitrogen and oxygen atoms in total. The Hall–Kier alpha value is -1.80. The number of hydrogen-bond acceptors (Lipinski definition) is 3. The summed E-state index contributed by atoms with van der Waals surface area (Å²) in [5, 5.41) is 0. The van der Waals surface area contributed by atoms with Gasteiger partial charge in [0.05, 0.1) is 11.1 Å². The maximum absolute atomic E-state index is 12.6. The van der Waals surface area contributed by atoms with Crippen LogP contribution in [0.4, 0.5) is 13.2 Å². The van der Waals surface area contributed by atoms with E-state index in [0.717, 1.165) is 12.1 Å². The minimum Gasteiger partial charge on any atom is -0.338 e. The number of benzene rings is 1. The molecule has 0 aromatic heterocycles. The van der Waals surface area contributed by atoms with Crippen LogP contribution in [0.5, 0.6) is 0 Å². The van der Waals surface area contributed by atoms with Crippen molar-refractivity contribution in [3.63, 3.8) is 0 Å². The van der Waals surface area contributed by atoms with Crippen molar-refractivity contribution < 1.29 is 22.8 Å². The van der Waals surface area contributed by atoms with Crippen LogP contribution in [0.2, 0.25) is 0 Å². The van der Waals surface area contributed by atoms with Crippen molar-refractivity contribution in [2.45, 2.75) is 24.6 Å². The summed E-state index contributed by atoms with van der Waals surface area (Å²) in [5.41, 5.74) is 4.59. The van der Waals surface area contributed by atoms with E-state index in [1.807, 2.05) is 0 Å². The van der Waals surface area contributed by atoms with Gasteiger partial charge >= 0.3 is 6.18 Å². The van der Waals surface area contributed by atoms with E-state index < -0.39 is 17.3 Å². The van der Waals surface area contributed by atoms with Crippen LogP contribution < -0.4 is 5.73 Å². The van der Waals surface area contributed by atoms with Crippen LogP contribution >= 0.6 is 12.4 Å². The van der Waals surface area contributed by atoms with Gasteiger partial charge < -0.3 is 15.5 Å². The van der Waals surface area contributed by atoms with Gasteiger partial charge in [-0.2, -0.15) is 13.2 Å². The predicted molar refractivity (Wildman–Crippen MR) is 87.3 cm³/mol. The Balaban J connectivity index is 0.00000225. The Morgan fingerprint density at radius 3 is 1.88 bits per heavy atom. The van der Waals surface area contributed by atoms with E-state index in [9.17, 15) is 22.8 Å². The number of halogens is 4. The van der Waals surface area contributed by atoms with E-state index in [-0.39, 0.29) is 29.8 Å². The molecule has 138 valence electrons. The maximum atomic E-state index is 12.6. The van der Waals surface area contributed by atoms with E-state index in [1.165, 1.54) is 12.1 Å². The van der Waals surface area contributed by atoms with Crippen molar-refractivity contribution in [3.8, 4) is 0 Å². The molecular formula is C16H19ClF3N3O2. The predicted octanol–water partition coefficient (Wildman–Crippen LogP) is 1.90. The monoisotopic (exact) mass is 377 g/mol. The molecule has 0 bridgehead atoms. The number of amides is 2. The summed E-state index contributed by atoms with van der Waals surface area (Å²) in [5.74, 6) is -0.408. The number of alkyl halides is 3. The molecule has 1 aromatic rings. The molecule has 0 unspecified atom stereocenters. The van der Waals surface area contributed by atoms with Gasteiger partial charge in [0.2, 0.25) is 5.91 Å². The summed E-state index contributed by atoms with van der Waals surface area (Å²) in [6.45, 7) is 1.48. The van der Waals surface area contributed by atoms with Gasteiger partial charge in [-0.05, 0) is 37.1 Å². The lowest BCUT2D eigenvalue weighted by molar-refractivity contribution is -0.137. The fourth-order valence-electron chi connectivity index (χ4n) is 2.76. The van der Waals surface area contributed by atoms with Gasteiger partial charge in [-0.3, -0.25) is 9.59 Å². The third-order valence-corrected chi connectivity index (χ3v) is 4.53. The van der Waals surface area contributed by atoms with Gasteiger partial charge in [0.15, 0.2) is 0 Å². The molecule has 1 saturated carbocycles. The molecule has 1 heterocycles. The van der Waals surface area contributed by atoms with Gasteiger partial charge in [-0.1, -0.05) is 0 Å². The first-order valence-corrected chi connectivity index (χ1v) is 7.75. The molecule has 0 spiro atoms. The molecule has 3 rings (SSSR count). The van der Waals surface area contributed by atoms with Crippen LogP contribution in [0.1, 0.15) is 28.8 Å². The van der Waals surface area contributed by atoms with Crippen molar-refractivity contribution in [1.82, 2.24) is 9.80 Å². The van der Waals surface area contributed by atoms with E-state index in [4.69, 9.17) is 5.73 Å². The van der Waals surface area contributed by atoms with E-state index in [2.05, 4.69) is 0 Å². The van der Waals surface area contributed by atoms with Gasteiger partial charge in [-0.25, -0.2) is 0 Å². The average molecular weight is 378 g/mol. The maximum Gasteiger partial charge on any atom is 0.416 e. The minimum atomic E-state index is -4.42. The lowest BCUT2D eigenvalue weighted by atomic mass is 10.1. The molecule has 25 heavy (non-hydrogen) atoms. The normalized spacial score (nSPS) is 19.2. The summed E-state index contributed by atoms with van der Waals surface area (Å²) >= 11 is 0. The zero-order valence-electron chi connectivity index (χ0n) is 13.4. The quantitative estimate of drug-likeness (QED) is 0.856. The highest BCUT2D eigenvalue weighted by molar-refractivity contribution is 5.94. The molecule has 1 saturated heterocycles. The van der Waals surface area contributed by atoms with Crippen molar-refractivity contribution in [2.75, 3.05) is 26.2 Å². The zero-order chi connectivity index (χ0) is 17.5. The Labute approximate surface area is 149 Å². The highest BCUT2D eigenvalue weighted by atomic mass is 35.5. The molecule has 9 heteroatoms. The van der Waals surface area contributed by atoms with Gasteiger partial charge in [0.25, 0.3) is 5.91 Å².